The zero-order valence-corrected chi connectivity index (χ0v) is 23.1. The van der Waals surface area contributed by atoms with E-state index in [2.05, 4.69) is 4.98 Å². The van der Waals surface area contributed by atoms with Gasteiger partial charge in [-0.2, -0.15) is 0 Å². The van der Waals surface area contributed by atoms with Crippen molar-refractivity contribution in [1.82, 2.24) is 4.98 Å². The maximum absolute atomic E-state index is 14.3. The van der Waals surface area contributed by atoms with Gasteiger partial charge in [0.1, 0.15) is 28.5 Å². The third-order valence-corrected chi connectivity index (χ3v) is 9.52. The van der Waals surface area contributed by atoms with Gasteiger partial charge in [0.25, 0.3) is 0 Å². The van der Waals surface area contributed by atoms with Gasteiger partial charge in [-0.25, -0.2) is 4.98 Å². The largest absolute Gasteiger partial charge is 0.496 e. The second-order valence-electron chi connectivity index (χ2n) is 10.5. The summed E-state index contributed by atoms with van der Waals surface area (Å²) in [4.78, 5) is 46.5. The van der Waals surface area contributed by atoms with Crippen LogP contribution >= 0.6 is 11.3 Å². The van der Waals surface area contributed by atoms with E-state index in [-0.39, 0.29) is 31.3 Å². The normalized spacial score (nSPS) is 23.6. The molecule has 1 saturated heterocycles. The number of Topliss-reactive ketones (excluding diaryl/α,β-unsaturated/α-hetero) is 1. The van der Waals surface area contributed by atoms with E-state index in [1.807, 2.05) is 31.2 Å². The molecule has 3 aliphatic rings. The number of rotatable bonds is 8. The molecule has 1 aliphatic carbocycles. The summed E-state index contributed by atoms with van der Waals surface area (Å²) in [5.41, 5.74) is 0.462. The maximum Gasteiger partial charge on any atom is 0.306 e. The Morgan fingerprint density at radius 1 is 1.25 bits per heavy atom. The van der Waals surface area contributed by atoms with E-state index in [1.165, 1.54) is 23.8 Å². The lowest BCUT2D eigenvalue weighted by Crippen LogP contribution is -2.60. The number of hydrogen-bond donors (Lipinski definition) is 1. The van der Waals surface area contributed by atoms with Crippen LogP contribution in [0, 0.1) is 18.3 Å². The van der Waals surface area contributed by atoms with Gasteiger partial charge in [-0.15, -0.1) is 11.3 Å². The van der Waals surface area contributed by atoms with Gasteiger partial charge >= 0.3 is 5.97 Å². The third-order valence-electron chi connectivity index (χ3n) is 8.21. The first kappa shape index (κ1) is 26.7. The number of carbonyl (C=O) groups is 3. The molecule has 11 heteroatoms. The highest BCUT2D eigenvalue weighted by Crippen LogP contribution is 2.57. The number of fused-ring (bicyclic) bond motifs is 1. The fourth-order valence-corrected chi connectivity index (χ4v) is 7.27. The van der Waals surface area contributed by atoms with Gasteiger partial charge in [0.15, 0.2) is 5.78 Å². The van der Waals surface area contributed by atoms with Crippen molar-refractivity contribution >= 4 is 34.0 Å². The van der Waals surface area contributed by atoms with E-state index in [0.29, 0.717) is 45.9 Å². The number of thiophene rings is 1. The summed E-state index contributed by atoms with van der Waals surface area (Å²) < 4.78 is 23.4. The number of nitrogens with zero attached hydrogens (tertiary/aromatic N) is 2. The minimum atomic E-state index is -1.42. The monoisotopic (exact) mass is 566 g/mol. The second-order valence-corrected chi connectivity index (χ2v) is 11.5. The Balaban J connectivity index is 1.44. The van der Waals surface area contributed by atoms with Crippen molar-refractivity contribution in [3.05, 3.63) is 53.4 Å². The molecule has 210 valence electrons. The van der Waals surface area contributed by atoms with Crippen LogP contribution in [-0.4, -0.2) is 60.7 Å². The van der Waals surface area contributed by atoms with Crippen LogP contribution in [0.4, 0.5) is 5.00 Å². The number of methoxy groups -OCH3 is 1. The third kappa shape index (κ3) is 4.32. The van der Waals surface area contributed by atoms with Crippen molar-refractivity contribution < 1.29 is 38.1 Å². The molecule has 1 amide bonds. The molecular formula is C29H30N2O8S. The number of carboxylic acids is 1. The molecule has 6 rings (SSSR count). The smallest absolute Gasteiger partial charge is 0.306 e. The zero-order valence-electron chi connectivity index (χ0n) is 22.3. The van der Waals surface area contributed by atoms with Crippen LogP contribution in [0.2, 0.25) is 0 Å². The van der Waals surface area contributed by atoms with Gasteiger partial charge in [0.2, 0.25) is 11.8 Å². The Bertz CT molecular complexity index is 1440. The number of oxazole rings is 1. The standard InChI is InChI=1S/C29H30N2O8S/c1-16-22-24(32)29(13-17(14-29)27(33)34)28(35)31(26(22)40-23(16)25-30-9-12-38-25)15-21(39-18-7-10-37-11-8-18)19-5-3-4-6-20(19)36-2/h3-6,9,12,17-18,21H,7-8,10-11,13-15H2,1-2H3,(H,33,34)/t17-,21-,29+/m0/s1. The Hall–Kier alpha value is -3.54. The summed E-state index contributed by atoms with van der Waals surface area (Å²) in [6.07, 6.45) is 3.74. The van der Waals surface area contributed by atoms with E-state index in [9.17, 15) is 19.5 Å². The number of para-hydroxylation sites is 1. The van der Waals surface area contributed by atoms with E-state index in [0.717, 1.165) is 18.4 Å². The SMILES string of the molecule is COc1ccccc1[C@H](CN1c2sc(-c3ncco3)c(C)c2C(=O)[C@]2(C[C@H](C(=O)O)C2)C1=O)OC1CCOCC1. The van der Waals surface area contributed by atoms with Crippen molar-refractivity contribution in [1.29, 1.82) is 0 Å². The lowest BCUT2D eigenvalue weighted by Gasteiger charge is -2.48. The van der Waals surface area contributed by atoms with Crippen LogP contribution in [0.25, 0.3) is 10.8 Å². The van der Waals surface area contributed by atoms with Crippen LogP contribution in [0.3, 0.4) is 0 Å². The number of anilines is 1. The lowest BCUT2D eigenvalue weighted by molar-refractivity contribution is -0.152. The zero-order chi connectivity index (χ0) is 28.0. The van der Waals surface area contributed by atoms with Crippen molar-refractivity contribution in [3.8, 4) is 16.5 Å². The number of amides is 1. The number of ketones is 1. The number of aromatic nitrogens is 1. The summed E-state index contributed by atoms with van der Waals surface area (Å²) in [5, 5.41) is 10.1. The fraction of sp³-hybridized carbons (Fsp3) is 0.448. The lowest BCUT2D eigenvalue weighted by atomic mass is 9.56. The van der Waals surface area contributed by atoms with E-state index in [4.69, 9.17) is 18.6 Å². The molecule has 2 aliphatic heterocycles. The van der Waals surface area contributed by atoms with E-state index in [1.54, 1.807) is 12.0 Å². The Morgan fingerprint density at radius 3 is 2.67 bits per heavy atom. The van der Waals surface area contributed by atoms with E-state index < -0.39 is 29.3 Å². The van der Waals surface area contributed by atoms with Gasteiger partial charge in [-0.1, -0.05) is 18.2 Å². The summed E-state index contributed by atoms with van der Waals surface area (Å²) in [6.45, 7) is 3.13. The molecule has 1 saturated carbocycles. The molecule has 0 radical (unpaired) electrons. The van der Waals surface area contributed by atoms with Crippen LogP contribution in [0.1, 0.15) is 53.3 Å². The molecule has 40 heavy (non-hydrogen) atoms. The highest BCUT2D eigenvalue weighted by molar-refractivity contribution is 7.20. The molecule has 1 spiro atoms. The molecule has 1 atom stereocenters. The Morgan fingerprint density at radius 2 is 2.00 bits per heavy atom. The molecule has 4 heterocycles. The molecule has 0 unspecified atom stereocenters. The van der Waals surface area contributed by atoms with Crippen LogP contribution in [0.15, 0.2) is 41.1 Å². The summed E-state index contributed by atoms with van der Waals surface area (Å²) in [6, 6.07) is 7.54. The highest BCUT2D eigenvalue weighted by atomic mass is 32.1. The molecule has 1 aromatic carbocycles. The average molecular weight is 567 g/mol. The highest BCUT2D eigenvalue weighted by Gasteiger charge is 2.63. The number of ether oxygens (including phenoxy) is 3. The number of aliphatic carboxylic acids is 1. The van der Waals surface area contributed by atoms with Crippen molar-refractivity contribution in [2.45, 2.75) is 44.8 Å². The molecule has 2 fully saturated rings. The van der Waals surface area contributed by atoms with Crippen LogP contribution < -0.4 is 9.64 Å². The molecule has 1 N–H and O–H groups in total. The Kier molecular flexibility index (Phi) is 6.97. The number of carbonyl (C=O) groups excluding carboxylic acids is 2. The number of carboxylic acid groups (broad SMARTS) is 1. The molecule has 2 aromatic heterocycles. The Labute approximate surface area is 234 Å². The first-order valence-corrected chi connectivity index (χ1v) is 14.1. The van der Waals surface area contributed by atoms with Crippen molar-refractivity contribution in [2.75, 3.05) is 31.8 Å². The quantitative estimate of drug-likeness (QED) is 0.387. The van der Waals surface area contributed by atoms with Crippen LogP contribution in [-0.2, 0) is 19.1 Å². The average Bonchev–Trinajstić information content (AvgIpc) is 3.58. The minimum absolute atomic E-state index is 0.0281. The maximum atomic E-state index is 14.3. The second kappa shape index (κ2) is 10.5. The summed E-state index contributed by atoms with van der Waals surface area (Å²) >= 11 is 1.28. The molecular weight excluding hydrogens is 536 g/mol. The molecule has 10 nitrogen and oxygen atoms in total. The van der Waals surface area contributed by atoms with Gasteiger partial charge in [0, 0.05) is 18.8 Å². The minimum Gasteiger partial charge on any atom is -0.496 e. The van der Waals surface area contributed by atoms with Crippen LogP contribution in [0.5, 0.6) is 5.75 Å². The van der Waals surface area contributed by atoms with Gasteiger partial charge in [-0.05, 0) is 44.2 Å². The summed E-state index contributed by atoms with van der Waals surface area (Å²) in [5.74, 6) is -1.47. The van der Waals surface area contributed by atoms with E-state index >= 15 is 0 Å². The number of hydrogen-bond acceptors (Lipinski definition) is 9. The molecule has 3 aromatic rings. The van der Waals surface area contributed by atoms with Gasteiger partial charge in [0.05, 0.1) is 42.3 Å². The summed E-state index contributed by atoms with van der Waals surface area (Å²) in [7, 11) is 1.59. The first-order valence-electron chi connectivity index (χ1n) is 13.3. The molecule has 0 bridgehead atoms. The predicted octanol–water partition coefficient (Wildman–Crippen LogP) is 4.67. The van der Waals surface area contributed by atoms with Crippen molar-refractivity contribution in [3.63, 3.8) is 0 Å². The first-order chi connectivity index (χ1) is 19.3. The number of benzene rings is 1. The predicted molar refractivity (Wildman–Crippen MR) is 145 cm³/mol. The van der Waals surface area contributed by atoms with Gasteiger partial charge < -0.3 is 23.7 Å². The topological polar surface area (TPSA) is 128 Å². The van der Waals surface area contributed by atoms with Crippen molar-refractivity contribution in [2.24, 2.45) is 11.3 Å². The fourth-order valence-electron chi connectivity index (χ4n) is 6.02. The van der Waals surface area contributed by atoms with Gasteiger partial charge in [-0.3, -0.25) is 19.3 Å².